The number of nitrogens with zero attached hydrogens (tertiary/aromatic N) is 2. The van der Waals surface area contributed by atoms with Crippen LogP contribution in [0.5, 0.6) is 0 Å². The van der Waals surface area contributed by atoms with E-state index < -0.39 is 0 Å². The quantitative estimate of drug-likeness (QED) is 0.515. The van der Waals surface area contributed by atoms with E-state index in [-0.39, 0.29) is 5.91 Å². The van der Waals surface area contributed by atoms with E-state index in [9.17, 15) is 4.79 Å². The second kappa shape index (κ2) is 6.80. The second-order valence-corrected chi connectivity index (χ2v) is 6.93. The van der Waals surface area contributed by atoms with Crippen LogP contribution in [0.4, 0.5) is 5.82 Å². The van der Waals surface area contributed by atoms with E-state index in [1.807, 2.05) is 55.5 Å². The molecule has 0 bridgehead atoms. The van der Waals surface area contributed by atoms with Crippen molar-refractivity contribution in [2.45, 2.75) is 13.5 Å². The number of amides is 1. The van der Waals surface area contributed by atoms with Crippen LogP contribution in [-0.2, 0) is 6.54 Å². The molecule has 130 valence electrons. The fraction of sp³-hybridized carbons (Fsp3) is 0.100. The van der Waals surface area contributed by atoms with E-state index in [1.165, 1.54) is 0 Å². The lowest BCUT2D eigenvalue weighted by molar-refractivity contribution is 0.0997. The van der Waals surface area contributed by atoms with Crippen molar-refractivity contribution in [3.63, 3.8) is 0 Å². The van der Waals surface area contributed by atoms with Crippen molar-refractivity contribution < 1.29 is 9.21 Å². The Bertz CT molecular complexity index is 1080. The highest BCUT2D eigenvalue weighted by molar-refractivity contribution is 9.10. The van der Waals surface area contributed by atoms with Crippen molar-refractivity contribution in [3.8, 4) is 0 Å². The number of fused-ring (bicyclic) bond motifs is 1. The monoisotopic (exact) mass is 409 g/mol. The van der Waals surface area contributed by atoms with Gasteiger partial charge in [-0.3, -0.25) is 4.79 Å². The number of furan rings is 1. The van der Waals surface area contributed by atoms with Crippen LogP contribution in [-0.4, -0.2) is 15.7 Å². The minimum atomic E-state index is -0.287. The van der Waals surface area contributed by atoms with Gasteiger partial charge in [0.15, 0.2) is 5.76 Å². The SMILES string of the molecule is Cc1c(C(=O)Nc2ccnn2Cc2ccccc2)oc2ccc(Br)cc12. The van der Waals surface area contributed by atoms with Crippen LogP contribution < -0.4 is 5.32 Å². The molecule has 0 atom stereocenters. The van der Waals surface area contributed by atoms with Crippen molar-refractivity contribution in [2.24, 2.45) is 0 Å². The van der Waals surface area contributed by atoms with Crippen molar-refractivity contribution >= 4 is 38.6 Å². The van der Waals surface area contributed by atoms with Crippen LogP contribution in [0, 0.1) is 6.92 Å². The number of anilines is 1. The molecule has 2 heterocycles. The summed E-state index contributed by atoms with van der Waals surface area (Å²) in [6.45, 7) is 2.46. The summed E-state index contributed by atoms with van der Waals surface area (Å²) in [5.41, 5.74) is 2.61. The minimum absolute atomic E-state index is 0.287. The van der Waals surface area contributed by atoms with Crippen molar-refractivity contribution in [3.05, 3.63) is 82.2 Å². The smallest absolute Gasteiger partial charge is 0.292 e. The standard InChI is InChI=1S/C20H16BrN3O2/c1-13-16-11-15(21)7-8-17(16)26-19(13)20(25)23-18-9-10-22-24(18)12-14-5-3-2-4-6-14/h2-11H,12H2,1H3,(H,23,25). The molecule has 0 saturated heterocycles. The van der Waals surface area contributed by atoms with Crippen LogP contribution in [0.2, 0.25) is 0 Å². The number of aromatic nitrogens is 2. The Hall–Kier alpha value is -2.86. The molecule has 2 aromatic heterocycles. The Balaban J connectivity index is 1.60. The van der Waals surface area contributed by atoms with Gasteiger partial charge in [0.2, 0.25) is 0 Å². The average Bonchev–Trinajstić information content (AvgIpc) is 3.20. The first-order valence-electron chi connectivity index (χ1n) is 8.17. The molecule has 6 heteroatoms. The molecule has 0 aliphatic rings. The highest BCUT2D eigenvalue weighted by Gasteiger charge is 2.19. The zero-order valence-electron chi connectivity index (χ0n) is 14.1. The Labute approximate surface area is 158 Å². The van der Waals surface area contributed by atoms with Crippen LogP contribution in [0.1, 0.15) is 21.7 Å². The molecule has 4 aromatic rings. The third kappa shape index (κ3) is 3.15. The molecule has 2 aromatic carbocycles. The van der Waals surface area contributed by atoms with Gasteiger partial charge in [0.05, 0.1) is 12.7 Å². The Morgan fingerprint density at radius 2 is 2.00 bits per heavy atom. The molecule has 1 amide bonds. The van der Waals surface area contributed by atoms with Gasteiger partial charge in [-0.25, -0.2) is 4.68 Å². The number of aryl methyl sites for hydroxylation is 1. The largest absolute Gasteiger partial charge is 0.451 e. The number of nitrogens with one attached hydrogen (secondary N) is 1. The van der Waals surface area contributed by atoms with Gasteiger partial charge in [0, 0.05) is 21.5 Å². The number of hydrogen-bond acceptors (Lipinski definition) is 3. The van der Waals surface area contributed by atoms with E-state index in [0.29, 0.717) is 23.7 Å². The van der Waals surface area contributed by atoms with E-state index >= 15 is 0 Å². The number of benzene rings is 2. The molecule has 0 fully saturated rings. The third-order valence-electron chi connectivity index (χ3n) is 4.24. The first kappa shape index (κ1) is 16.6. The molecule has 0 saturated carbocycles. The molecule has 0 aliphatic heterocycles. The first-order chi connectivity index (χ1) is 12.6. The predicted octanol–water partition coefficient (Wildman–Crippen LogP) is 5.00. The maximum absolute atomic E-state index is 12.7. The number of hydrogen-bond donors (Lipinski definition) is 1. The average molecular weight is 410 g/mol. The topological polar surface area (TPSA) is 60.1 Å². The summed E-state index contributed by atoms with van der Waals surface area (Å²) in [6, 6.07) is 17.4. The summed E-state index contributed by atoms with van der Waals surface area (Å²) in [5, 5.41) is 8.12. The Morgan fingerprint density at radius 1 is 1.19 bits per heavy atom. The lowest BCUT2D eigenvalue weighted by atomic mass is 10.1. The van der Waals surface area contributed by atoms with Crippen LogP contribution in [0.15, 0.2) is 69.7 Å². The summed E-state index contributed by atoms with van der Waals surface area (Å²) in [4.78, 5) is 12.7. The Morgan fingerprint density at radius 3 is 2.81 bits per heavy atom. The van der Waals surface area contributed by atoms with Gasteiger partial charge >= 0.3 is 0 Å². The van der Waals surface area contributed by atoms with Crippen LogP contribution in [0.25, 0.3) is 11.0 Å². The number of halogens is 1. The van der Waals surface area contributed by atoms with Crippen molar-refractivity contribution in [1.29, 1.82) is 0 Å². The lowest BCUT2D eigenvalue weighted by Crippen LogP contribution is -2.16. The molecule has 5 nitrogen and oxygen atoms in total. The van der Waals surface area contributed by atoms with Crippen molar-refractivity contribution in [1.82, 2.24) is 9.78 Å². The highest BCUT2D eigenvalue weighted by atomic mass is 79.9. The molecular weight excluding hydrogens is 394 g/mol. The van der Waals surface area contributed by atoms with Gasteiger partial charge in [0.1, 0.15) is 11.4 Å². The highest BCUT2D eigenvalue weighted by Crippen LogP contribution is 2.28. The van der Waals surface area contributed by atoms with Crippen LogP contribution in [0.3, 0.4) is 0 Å². The van der Waals surface area contributed by atoms with Gasteiger partial charge in [-0.05, 0) is 30.7 Å². The van der Waals surface area contributed by atoms with E-state index in [2.05, 4.69) is 26.3 Å². The van der Waals surface area contributed by atoms with Gasteiger partial charge in [-0.1, -0.05) is 46.3 Å². The van der Waals surface area contributed by atoms with Crippen molar-refractivity contribution in [2.75, 3.05) is 5.32 Å². The normalized spacial score (nSPS) is 11.0. The molecule has 0 radical (unpaired) electrons. The third-order valence-corrected chi connectivity index (χ3v) is 4.73. The summed E-state index contributed by atoms with van der Waals surface area (Å²) in [5.74, 6) is 0.648. The van der Waals surface area contributed by atoms with E-state index in [1.54, 1.807) is 16.9 Å². The zero-order chi connectivity index (χ0) is 18.1. The molecule has 0 spiro atoms. The minimum Gasteiger partial charge on any atom is -0.451 e. The summed E-state index contributed by atoms with van der Waals surface area (Å²) in [6.07, 6.45) is 1.67. The van der Waals surface area contributed by atoms with E-state index in [0.717, 1.165) is 21.0 Å². The molecule has 0 aliphatic carbocycles. The predicted molar refractivity (Wildman–Crippen MR) is 104 cm³/mol. The summed E-state index contributed by atoms with van der Waals surface area (Å²) < 4.78 is 8.46. The maximum Gasteiger partial charge on any atom is 0.292 e. The second-order valence-electron chi connectivity index (χ2n) is 6.01. The van der Waals surface area contributed by atoms with E-state index in [4.69, 9.17) is 4.42 Å². The lowest BCUT2D eigenvalue weighted by Gasteiger charge is -2.08. The van der Waals surface area contributed by atoms with Gasteiger partial charge in [0.25, 0.3) is 5.91 Å². The molecule has 4 rings (SSSR count). The number of carbonyl (C=O) groups excluding carboxylic acids is 1. The Kier molecular flexibility index (Phi) is 4.34. The zero-order valence-corrected chi connectivity index (χ0v) is 15.7. The molecule has 1 N–H and O–H groups in total. The molecule has 0 unspecified atom stereocenters. The summed E-state index contributed by atoms with van der Waals surface area (Å²) >= 11 is 3.45. The number of carbonyl (C=O) groups is 1. The fourth-order valence-electron chi connectivity index (χ4n) is 2.90. The van der Waals surface area contributed by atoms with Gasteiger partial charge in [-0.15, -0.1) is 0 Å². The number of rotatable bonds is 4. The van der Waals surface area contributed by atoms with Gasteiger partial charge in [-0.2, -0.15) is 5.10 Å². The fourth-order valence-corrected chi connectivity index (χ4v) is 3.27. The maximum atomic E-state index is 12.7. The molecular formula is C20H16BrN3O2. The van der Waals surface area contributed by atoms with Gasteiger partial charge < -0.3 is 9.73 Å². The van der Waals surface area contributed by atoms with Crippen LogP contribution >= 0.6 is 15.9 Å². The molecule has 26 heavy (non-hydrogen) atoms. The summed E-state index contributed by atoms with van der Waals surface area (Å²) in [7, 11) is 0. The first-order valence-corrected chi connectivity index (χ1v) is 8.97.